The number of aliphatic carboxylic acids is 1. The van der Waals surface area contributed by atoms with Gasteiger partial charge < -0.3 is 25.6 Å². The van der Waals surface area contributed by atoms with Crippen LogP contribution in [0.1, 0.15) is 29.3 Å². The molecule has 2 atom stereocenters. The number of hydrogen-bond donors (Lipinski definition) is 4. The number of nitrogen functional groups attached to an aromatic ring is 1. The molecular formula is C21H21N3O7. The Morgan fingerprint density at radius 1 is 1.03 bits per heavy atom. The number of amides is 1. The number of carboxylic acid groups (broad SMARTS) is 1. The van der Waals surface area contributed by atoms with Gasteiger partial charge in [0.2, 0.25) is 0 Å². The lowest BCUT2D eigenvalue weighted by Gasteiger charge is -2.20. The maximum Gasteiger partial charge on any atom is 0.352 e. The Morgan fingerprint density at radius 2 is 1.61 bits per heavy atom. The van der Waals surface area contributed by atoms with Gasteiger partial charge in [-0.25, -0.2) is 4.79 Å². The molecule has 2 unspecified atom stereocenters. The van der Waals surface area contributed by atoms with Crippen molar-refractivity contribution in [3.63, 3.8) is 0 Å². The van der Waals surface area contributed by atoms with Gasteiger partial charge in [0, 0.05) is 18.1 Å². The first-order chi connectivity index (χ1) is 14.7. The summed E-state index contributed by atoms with van der Waals surface area (Å²) >= 11 is 0. The maximum atomic E-state index is 12.5. The van der Waals surface area contributed by atoms with Crippen LogP contribution in [0, 0.1) is 5.41 Å². The monoisotopic (exact) mass is 427 g/mol. The molecule has 2 aromatic rings. The molecule has 1 amide bonds. The zero-order valence-electron chi connectivity index (χ0n) is 16.5. The van der Waals surface area contributed by atoms with E-state index in [4.69, 9.17) is 20.6 Å². The first kappa shape index (κ1) is 23.1. The van der Waals surface area contributed by atoms with Crippen molar-refractivity contribution in [2.45, 2.75) is 25.7 Å². The van der Waals surface area contributed by atoms with Crippen molar-refractivity contribution in [1.82, 2.24) is 5.32 Å². The SMILES string of the molecule is CC(=O)OC(CC(=O)C(Oc1ccccc1)C(=O)O)NC(=O)c1ccc(C(=N)N)cc1. The van der Waals surface area contributed by atoms with Gasteiger partial charge >= 0.3 is 11.9 Å². The Balaban J connectivity index is 2.12. The molecule has 0 saturated carbocycles. The van der Waals surface area contributed by atoms with Crippen LogP contribution in [0.15, 0.2) is 54.6 Å². The van der Waals surface area contributed by atoms with Crippen molar-refractivity contribution in [2.24, 2.45) is 5.73 Å². The van der Waals surface area contributed by atoms with E-state index in [0.29, 0.717) is 5.56 Å². The summed E-state index contributed by atoms with van der Waals surface area (Å²) in [7, 11) is 0. The van der Waals surface area contributed by atoms with Gasteiger partial charge in [0.05, 0.1) is 6.42 Å². The second-order valence-corrected chi connectivity index (χ2v) is 6.38. The molecule has 10 heteroatoms. The lowest BCUT2D eigenvalue weighted by Crippen LogP contribution is -2.44. The van der Waals surface area contributed by atoms with E-state index in [1.54, 1.807) is 18.2 Å². The fourth-order valence-electron chi connectivity index (χ4n) is 2.53. The van der Waals surface area contributed by atoms with Gasteiger partial charge in [0.15, 0.2) is 12.0 Å². The summed E-state index contributed by atoms with van der Waals surface area (Å²) in [6.07, 6.45) is -3.89. The fraction of sp³-hybridized carbons (Fsp3) is 0.190. The Kier molecular flexibility index (Phi) is 7.84. The summed E-state index contributed by atoms with van der Waals surface area (Å²) < 4.78 is 10.2. The summed E-state index contributed by atoms with van der Waals surface area (Å²) in [5.74, 6) is -3.89. The largest absolute Gasteiger partial charge is 0.478 e. The van der Waals surface area contributed by atoms with E-state index in [2.05, 4.69) is 5.32 Å². The quantitative estimate of drug-likeness (QED) is 0.143. The number of Topliss-reactive ketones (excluding diaryl/α,β-unsaturated/α-hetero) is 1. The third-order valence-electron chi connectivity index (χ3n) is 3.96. The molecule has 0 aromatic heterocycles. The lowest BCUT2D eigenvalue weighted by atomic mass is 10.1. The minimum absolute atomic E-state index is 0.157. The number of hydrogen-bond acceptors (Lipinski definition) is 7. The Bertz CT molecular complexity index is 974. The molecular weight excluding hydrogens is 406 g/mol. The van der Waals surface area contributed by atoms with Crippen LogP contribution >= 0.6 is 0 Å². The van der Waals surface area contributed by atoms with Crippen molar-refractivity contribution in [1.29, 1.82) is 5.41 Å². The molecule has 0 aliphatic rings. The number of esters is 1. The third-order valence-corrected chi connectivity index (χ3v) is 3.96. The van der Waals surface area contributed by atoms with Crippen LogP contribution in [0.25, 0.3) is 0 Å². The van der Waals surface area contributed by atoms with E-state index >= 15 is 0 Å². The van der Waals surface area contributed by atoms with Crippen LogP contribution in [-0.2, 0) is 19.1 Å². The second-order valence-electron chi connectivity index (χ2n) is 6.38. The average Bonchev–Trinajstić information content (AvgIpc) is 2.71. The summed E-state index contributed by atoms with van der Waals surface area (Å²) in [5.41, 5.74) is 5.93. The number of carbonyl (C=O) groups is 4. The number of amidine groups is 1. The van der Waals surface area contributed by atoms with Gasteiger partial charge in [-0.05, 0) is 24.3 Å². The van der Waals surface area contributed by atoms with E-state index in [1.807, 2.05) is 0 Å². The number of carbonyl (C=O) groups excluding carboxylic acids is 3. The summed E-state index contributed by atoms with van der Waals surface area (Å²) in [4.78, 5) is 47.9. The molecule has 2 aromatic carbocycles. The van der Waals surface area contributed by atoms with Crippen LogP contribution in [0.5, 0.6) is 5.75 Å². The molecule has 0 radical (unpaired) electrons. The van der Waals surface area contributed by atoms with Crippen molar-refractivity contribution in [3.05, 3.63) is 65.7 Å². The van der Waals surface area contributed by atoms with E-state index in [0.717, 1.165) is 6.92 Å². The van der Waals surface area contributed by atoms with Crippen LogP contribution in [0.4, 0.5) is 0 Å². The Labute approximate surface area is 177 Å². The standard InChI is InChI=1S/C21H21N3O7/c1-12(25)30-17(24-20(27)14-9-7-13(8-10-14)19(22)23)11-16(26)18(21(28)29)31-15-5-3-2-4-6-15/h2-10,17-18H,11H2,1H3,(H3,22,23)(H,24,27)(H,28,29). The topological polar surface area (TPSA) is 169 Å². The number of para-hydroxylation sites is 1. The molecule has 0 fully saturated rings. The van der Waals surface area contributed by atoms with E-state index < -0.39 is 42.4 Å². The molecule has 31 heavy (non-hydrogen) atoms. The minimum Gasteiger partial charge on any atom is -0.478 e. The van der Waals surface area contributed by atoms with E-state index in [9.17, 15) is 24.3 Å². The van der Waals surface area contributed by atoms with Gasteiger partial charge in [-0.2, -0.15) is 0 Å². The lowest BCUT2D eigenvalue weighted by molar-refractivity contribution is -0.153. The highest BCUT2D eigenvalue weighted by molar-refractivity contribution is 6.02. The number of nitrogens with one attached hydrogen (secondary N) is 2. The van der Waals surface area contributed by atoms with Crippen molar-refractivity contribution in [3.8, 4) is 5.75 Å². The zero-order chi connectivity index (χ0) is 23.0. The number of ether oxygens (including phenoxy) is 2. The smallest absolute Gasteiger partial charge is 0.352 e. The fourth-order valence-corrected chi connectivity index (χ4v) is 2.53. The molecule has 0 saturated heterocycles. The summed E-state index contributed by atoms with van der Waals surface area (Å²) in [6.45, 7) is 1.08. The molecule has 0 bridgehead atoms. The highest BCUT2D eigenvalue weighted by Crippen LogP contribution is 2.14. The van der Waals surface area contributed by atoms with Gasteiger partial charge in [-0.3, -0.25) is 19.8 Å². The number of benzene rings is 2. The highest BCUT2D eigenvalue weighted by atomic mass is 16.6. The van der Waals surface area contributed by atoms with Crippen LogP contribution in [0.3, 0.4) is 0 Å². The molecule has 0 spiro atoms. The second kappa shape index (κ2) is 10.5. The van der Waals surface area contributed by atoms with Crippen molar-refractivity contribution >= 4 is 29.5 Å². The number of carboxylic acids is 1. The summed E-state index contributed by atoms with van der Waals surface area (Å²) in [5, 5.41) is 19.1. The molecule has 2 rings (SSSR count). The predicted octanol–water partition coefficient (Wildman–Crippen LogP) is 1.08. The summed E-state index contributed by atoms with van der Waals surface area (Å²) in [6, 6.07) is 13.6. The molecule has 0 aliphatic heterocycles. The van der Waals surface area contributed by atoms with Gasteiger partial charge in [0.1, 0.15) is 11.6 Å². The normalized spacial score (nSPS) is 12.2. The van der Waals surface area contributed by atoms with Crippen molar-refractivity contribution in [2.75, 3.05) is 0 Å². The van der Waals surface area contributed by atoms with Crippen LogP contribution < -0.4 is 15.8 Å². The van der Waals surface area contributed by atoms with Crippen LogP contribution in [-0.4, -0.2) is 46.9 Å². The number of ketones is 1. The Hall–Kier alpha value is -4.21. The highest BCUT2D eigenvalue weighted by Gasteiger charge is 2.32. The Morgan fingerprint density at radius 3 is 2.13 bits per heavy atom. The van der Waals surface area contributed by atoms with Crippen molar-refractivity contribution < 1.29 is 33.8 Å². The van der Waals surface area contributed by atoms with E-state index in [-0.39, 0.29) is 17.1 Å². The number of rotatable bonds is 10. The predicted molar refractivity (Wildman–Crippen MR) is 109 cm³/mol. The van der Waals surface area contributed by atoms with Gasteiger partial charge in [-0.15, -0.1) is 0 Å². The molecule has 162 valence electrons. The first-order valence-electron chi connectivity index (χ1n) is 9.07. The molecule has 5 N–H and O–H groups in total. The maximum absolute atomic E-state index is 12.5. The van der Waals surface area contributed by atoms with Gasteiger partial charge in [-0.1, -0.05) is 30.3 Å². The number of nitrogens with two attached hydrogens (primary N) is 1. The van der Waals surface area contributed by atoms with Gasteiger partial charge in [0.25, 0.3) is 12.0 Å². The first-order valence-corrected chi connectivity index (χ1v) is 9.07. The molecule has 0 heterocycles. The average molecular weight is 427 g/mol. The minimum atomic E-state index is -1.85. The van der Waals surface area contributed by atoms with Crippen LogP contribution in [0.2, 0.25) is 0 Å². The third kappa shape index (κ3) is 6.96. The van der Waals surface area contributed by atoms with E-state index in [1.165, 1.54) is 36.4 Å². The molecule has 0 aliphatic carbocycles. The zero-order valence-corrected chi connectivity index (χ0v) is 16.5. The molecule has 10 nitrogen and oxygen atoms in total.